The van der Waals surface area contributed by atoms with Crippen LogP contribution in [0.1, 0.15) is 12.8 Å². The van der Waals surface area contributed by atoms with Crippen LogP contribution in [0, 0.1) is 17.6 Å². The number of benzene rings is 2. The van der Waals surface area contributed by atoms with Crippen molar-refractivity contribution in [1.29, 1.82) is 0 Å². The predicted octanol–water partition coefficient (Wildman–Crippen LogP) is 5.86. The second-order valence-corrected chi connectivity index (χ2v) is 9.27. The number of carbonyl (C=O) groups is 1. The van der Waals surface area contributed by atoms with Gasteiger partial charge in [-0.1, -0.05) is 30.3 Å². The number of amides is 1. The summed E-state index contributed by atoms with van der Waals surface area (Å²) in [5, 5.41) is 10.2. The lowest BCUT2D eigenvalue weighted by atomic mass is 10.0. The summed E-state index contributed by atoms with van der Waals surface area (Å²) in [6.45, 7) is 0. The number of pyridine rings is 2. The fourth-order valence-electron chi connectivity index (χ4n) is 4.62. The molecular weight excluding hydrogens is 488 g/mol. The zero-order valence-electron chi connectivity index (χ0n) is 19.8. The maximum absolute atomic E-state index is 16.0. The number of hydrogen-bond donors (Lipinski definition) is 3. The highest BCUT2D eigenvalue weighted by Crippen LogP contribution is 2.35. The number of rotatable bonds is 5. The van der Waals surface area contributed by atoms with E-state index < -0.39 is 5.82 Å². The Hall–Kier alpha value is -4.99. The maximum Gasteiger partial charge on any atom is 0.227 e. The molecule has 0 spiro atoms. The first-order chi connectivity index (χ1) is 18.6. The summed E-state index contributed by atoms with van der Waals surface area (Å²) in [6.07, 6.45) is 6.25. The highest BCUT2D eigenvalue weighted by molar-refractivity contribution is 5.98. The Morgan fingerprint density at radius 2 is 1.79 bits per heavy atom. The average Bonchev–Trinajstić information content (AvgIpc) is 3.54. The quantitative estimate of drug-likeness (QED) is 0.271. The van der Waals surface area contributed by atoms with Crippen molar-refractivity contribution in [3.63, 3.8) is 0 Å². The number of nitrogens with one attached hydrogen (secondary N) is 3. The molecule has 1 aliphatic carbocycles. The van der Waals surface area contributed by atoms with Crippen LogP contribution in [-0.2, 0) is 4.79 Å². The molecule has 0 saturated heterocycles. The zero-order chi connectivity index (χ0) is 25.8. The summed E-state index contributed by atoms with van der Waals surface area (Å²) < 4.78 is 30.5. The van der Waals surface area contributed by atoms with E-state index in [1.807, 2.05) is 6.07 Å². The van der Waals surface area contributed by atoms with Gasteiger partial charge in [0.2, 0.25) is 5.91 Å². The number of nitrogens with zero attached hydrogens (tertiary/aromatic N) is 4. The van der Waals surface area contributed by atoms with Crippen LogP contribution in [0.5, 0.6) is 0 Å². The Morgan fingerprint density at radius 3 is 2.63 bits per heavy atom. The summed E-state index contributed by atoms with van der Waals surface area (Å²) in [5.41, 5.74) is 3.85. The van der Waals surface area contributed by atoms with Gasteiger partial charge in [0.25, 0.3) is 0 Å². The van der Waals surface area contributed by atoms with Gasteiger partial charge in [-0.2, -0.15) is 5.10 Å². The third-order valence-corrected chi connectivity index (χ3v) is 6.67. The third kappa shape index (κ3) is 3.69. The lowest BCUT2D eigenvalue weighted by Crippen LogP contribution is -2.13. The van der Waals surface area contributed by atoms with Crippen LogP contribution in [0.25, 0.3) is 55.8 Å². The molecule has 0 radical (unpaired) electrons. The minimum absolute atomic E-state index is 0.0288. The lowest BCUT2D eigenvalue weighted by Gasteiger charge is -2.07. The van der Waals surface area contributed by atoms with Gasteiger partial charge >= 0.3 is 0 Å². The van der Waals surface area contributed by atoms with Crippen molar-refractivity contribution in [2.24, 2.45) is 5.92 Å². The Labute approximate surface area is 214 Å². The highest BCUT2D eigenvalue weighted by atomic mass is 19.1. The van der Waals surface area contributed by atoms with E-state index in [1.54, 1.807) is 36.4 Å². The van der Waals surface area contributed by atoms with Crippen molar-refractivity contribution in [3.8, 4) is 33.9 Å². The number of para-hydroxylation sites is 1. The van der Waals surface area contributed by atoms with Gasteiger partial charge < -0.3 is 10.3 Å². The number of aromatic amines is 2. The third-order valence-electron chi connectivity index (χ3n) is 6.67. The SMILES string of the molecule is O=C(Nc1cncc(-c2ncc3[nH]nc(-c4nc5c(-c6ccccc6F)cccc5[nH]4)c3c2F)c1)C1CC1. The average molecular weight is 508 g/mol. The van der Waals surface area contributed by atoms with Gasteiger partial charge in [0.05, 0.1) is 40.0 Å². The van der Waals surface area contributed by atoms with Crippen molar-refractivity contribution in [2.75, 3.05) is 5.32 Å². The van der Waals surface area contributed by atoms with Gasteiger partial charge in [-0.3, -0.25) is 19.9 Å². The minimum Gasteiger partial charge on any atom is -0.337 e. The maximum atomic E-state index is 16.0. The van der Waals surface area contributed by atoms with Gasteiger partial charge in [0, 0.05) is 28.8 Å². The van der Waals surface area contributed by atoms with Gasteiger partial charge in [-0.15, -0.1) is 0 Å². The van der Waals surface area contributed by atoms with Gasteiger partial charge in [-0.05, 0) is 31.0 Å². The van der Waals surface area contributed by atoms with E-state index >= 15 is 4.39 Å². The monoisotopic (exact) mass is 507 g/mol. The number of fused-ring (bicyclic) bond motifs is 2. The number of aromatic nitrogens is 6. The molecule has 4 aromatic heterocycles. The Morgan fingerprint density at radius 1 is 0.947 bits per heavy atom. The van der Waals surface area contributed by atoms with Crippen LogP contribution in [0.4, 0.5) is 14.5 Å². The zero-order valence-corrected chi connectivity index (χ0v) is 19.8. The molecule has 0 unspecified atom stereocenters. The molecule has 1 amide bonds. The Bertz CT molecular complexity index is 1870. The molecule has 1 fully saturated rings. The minimum atomic E-state index is -0.603. The number of hydrogen-bond acceptors (Lipinski definition) is 5. The Kier molecular flexibility index (Phi) is 5.00. The smallest absolute Gasteiger partial charge is 0.227 e. The first-order valence-corrected chi connectivity index (χ1v) is 12.1. The van der Waals surface area contributed by atoms with E-state index in [4.69, 9.17) is 0 Å². The standard InChI is InChI=1S/C28H19F2N7O/c29-19-6-2-1-4-17(19)18-5-3-7-20-25(18)35-27(34-20)26-22-21(36-37-26)13-32-24(23(22)30)15-10-16(12-31-11-15)33-28(38)14-8-9-14/h1-7,10-14H,8-9H2,(H,33,38)(H,34,35)(H,36,37). The summed E-state index contributed by atoms with van der Waals surface area (Å²) in [6, 6.07) is 13.5. The number of halogens is 2. The molecule has 1 aliphatic rings. The molecule has 8 nitrogen and oxygen atoms in total. The predicted molar refractivity (Wildman–Crippen MR) is 139 cm³/mol. The molecule has 0 bridgehead atoms. The second-order valence-electron chi connectivity index (χ2n) is 9.27. The molecule has 186 valence electrons. The van der Waals surface area contributed by atoms with Crippen molar-refractivity contribution in [1.82, 2.24) is 30.1 Å². The molecule has 38 heavy (non-hydrogen) atoms. The largest absolute Gasteiger partial charge is 0.337 e. The highest BCUT2D eigenvalue weighted by Gasteiger charge is 2.29. The molecule has 1 saturated carbocycles. The van der Waals surface area contributed by atoms with Gasteiger partial charge in [0.1, 0.15) is 17.2 Å². The van der Waals surface area contributed by atoms with Crippen molar-refractivity contribution in [3.05, 3.63) is 78.8 Å². The number of anilines is 1. The van der Waals surface area contributed by atoms with E-state index in [1.165, 1.54) is 24.7 Å². The molecule has 10 heteroatoms. The first-order valence-electron chi connectivity index (χ1n) is 12.1. The second kappa shape index (κ2) is 8.55. The summed E-state index contributed by atoms with van der Waals surface area (Å²) in [7, 11) is 0. The molecule has 4 heterocycles. The van der Waals surface area contributed by atoms with Crippen LogP contribution in [0.15, 0.2) is 67.1 Å². The topological polar surface area (TPSA) is 112 Å². The molecular formula is C28H19F2N7O. The number of H-pyrrole nitrogens is 2. The van der Waals surface area contributed by atoms with Crippen LogP contribution in [0.2, 0.25) is 0 Å². The van der Waals surface area contributed by atoms with Crippen LogP contribution >= 0.6 is 0 Å². The van der Waals surface area contributed by atoms with Crippen molar-refractivity contribution in [2.45, 2.75) is 12.8 Å². The summed E-state index contributed by atoms with van der Waals surface area (Å²) in [5.74, 6) is -0.672. The van der Waals surface area contributed by atoms with E-state index in [9.17, 15) is 9.18 Å². The first kappa shape index (κ1) is 22.2. The van der Waals surface area contributed by atoms with Crippen LogP contribution in [0.3, 0.4) is 0 Å². The molecule has 0 aliphatic heterocycles. The Balaban J connectivity index is 1.33. The molecule has 3 N–H and O–H groups in total. The van der Waals surface area contributed by atoms with E-state index in [2.05, 4.69) is 35.5 Å². The summed E-state index contributed by atoms with van der Waals surface area (Å²) in [4.78, 5) is 28.5. The molecule has 7 rings (SSSR count). The fourth-order valence-corrected chi connectivity index (χ4v) is 4.62. The van der Waals surface area contributed by atoms with Crippen LogP contribution in [-0.4, -0.2) is 36.0 Å². The van der Waals surface area contributed by atoms with E-state index in [-0.39, 0.29) is 34.4 Å². The van der Waals surface area contributed by atoms with E-state index in [0.717, 1.165) is 12.8 Å². The molecule has 0 atom stereocenters. The number of carbonyl (C=O) groups excluding carboxylic acids is 1. The normalized spacial score (nSPS) is 13.3. The molecule has 2 aromatic carbocycles. The van der Waals surface area contributed by atoms with Crippen molar-refractivity contribution >= 4 is 33.5 Å². The van der Waals surface area contributed by atoms with Crippen LogP contribution < -0.4 is 5.32 Å². The summed E-state index contributed by atoms with van der Waals surface area (Å²) >= 11 is 0. The van der Waals surface area contributed by atoms with Gasteiger partial charge in [0.15, 0.2) is 11.6 Å². The number of imidazole rings is 1. The molecule has 6 aromatic rings. The van der Waals surface area contributed by atoms with E-state index in [0.29, 0.717) is 44.8 Å². The van der Waals surface area contributed by atoms with Gasteiger partial charge in [-0.25, -0.2) is 13.8 Å². The van der Waals surface area contributed by atoms with Crippen molar-refractivity contribution < 1.29 is 13.6 Å². The fraction of sp³-hybridized carbons (Fsp3) is 0.107. The lowest BCUT2D eigenvalue weighted by molar-refractivity contribution is -0.117.